The third kappa shape index (κ3) is 5.47. The van der Waals surface area contributed by atoms with Crippen molar-refractivity contribution in [2.75, 3.05) is 12.9 Å². The van der Waals surface area contributed by atoms with Gasteiger partial charge in [0.15, 0.2) is 0 Å². The molecule has 3 aromatic carbocycles. The molecule has 4 aromatic rings. The zero-order valence-electron chi connectivity index (χ0n) is 19.8. The molecule has 2 heterocycles. The van der Waals surface area contributed by atoms with Crippen molar-refractivity contribution in [3.63, 3.8) is 0 Å². The predicted molar refractivity (Wildman–Crippen MR) is 140 cm³/mol. The van der Waals surface area contributed by atoms with E-state index in [1.54, 1.807) is 7.11 Å². The number of ether oxygens (including phenoxy) is 1. The number of hydrogen-bond acceptors (Lipinski definition) is 5. The zero-order valence-corrected chi connectivity index (χ0v) is 22.4. The van der Waals surface area contributed by atoms with Crippen LogP contribution in [0.3, 0.4) is 0 Å². The van der Waals surface area contributed by atoms with E-state index in [1.807, 2.05) is 48.5 Å². The van der Waals surface area contributed by atoms with Gasteiger partial charge in [0.2, 0.25) is 0 Å². The van der Waals surface area contributed by atoms with E-state index < -0.39 is 23.6 Å². The number of rotatable bonds is 8. The summed E-state index contributed by atoms with van der Waals surface area (Å²) in [5.41, 5.74) is 3.29. The molecule has 1 aliphatic rings. The van der Waals surface area contributed by atoms with Crippen molar-refractivity contribution in [1.29, 1.82) is 0 Å². The van der Waals surface area contributed by atoms with Crippen LogP contribution in [0, 0.1) is 4.06 Å². The first-order valence-electron chi connectivity index (χ1n) is 11.6. The van der Waals surface area contributed by atoms with E-state index in [1.165, 1.54) is 9.63 Å². The maximum atomic E-state index is 11.2. The molecule has 0 aliphatic carbocycles. The van der Waals surface area contributed by atoms with Gasteiger partial charge in [-0.3, -0.25) is 0 Å². The van der Waals surface area contributed by atoms with Crippen LogP contribution < -0.4 is 14.7 Å². The molecular weight excluding hydrogens is 539 g/mol. The van der Waals surface area contributed by atoms with Crippen LogP contribution in [0.4, 0.5) is 0 Å². The van der Waals surface area contributed by atoms with Gasteiger partial charge < -0.3 is 0 Å². The molecule has 0 N–H and O–H groups in total. The molecular formula is C28H26N2O4SSe. The second-order valence-electron chi connectivity index (χ2n) is 8.53. The van der Waals surface area contributed by atoms with Gasteiger partial charge in [0.1, 0.15) is 0 Å². The average Bonchev–Trinajstić information content (AvgIpc) is 3.22. The molecule has 0 fully saturated rings. The second-order valence-corrected chi connectivity index (χ2v) is 14.3. The number of hydrogen-bond donors (Lipinski definition) is 0. The van der Waals surface area contributed by atoms with E-state index in [-0.39, 0.29) is 5.75 Å². The van der Waals surface area contributed by atoms with Crippen molar-refractivity contribution in [3.05, 3.63) is 110 Å². The van der Waals surface area contributed by atoms with Crippen LogP contribution in [0.2, 0.25) is 5.32 Å². The average molecular weight is 566 g/mol. The molecule has 8 heteroatoms. The Balaban J connectivity index is 1.63. The Kier molecular flexibility index (Phi) is 7.12. The summed E-state index contributed by atoms with van der Waals surface area (Å²) in [5.74, 6) is 0.468. The number of nitrogens with zero attached hydrogens (tertiary/aromatic N) is 2. The van der Waals surface area contributed by atoms with Crippen LogP contribution in [0.5, 0.6) is 5.75 Å². The van der Waals surface area contributed by atoms with Gasteiger partial charge in [0.05, 0.1) is 0 Å². The first-order chi connectivity index (χ1) is 17.4. The standard InChI is InChI=1S/C28H26N2O4SSe/c1-34-24-14-15-26-22(18-24)12-13-23(30(26)20-21-8-3-2-4-9-21)19-28-29-25-10-5-6-11-27(25)36(28)17-7-16-35(31,32)33/h2-6,8-15,18-19H,7,16-17,20H2,1H3. The summed E-state index contributed by atoms with van der Waals surface area (Å²) in [6, 6.07) is 28.6. The van der Waals surface area contributed by atoms with E-state index in [0.717, 1.165) is 32.3 Å². The Bertz CT molecular complexity index is 1700. The summed E-state index contributed by atoms with van der Waals surface area (Å²) in [7, 11) is -2.57. The van der Waals surface area contributed by atoms with Crippen molar-refractivity contribution in [3.8, 4) is 5.75 Å². The fraction of sp³-hybridized carbons (Fsp3) is 0.179. The number of fused-ring (bicyclic) bond motifs is 2. The van der Waals surface area contributed by atoms with Crippen LogP contribution in [0.15, 0.2) is 94.5 Å². The summed E-state index contributed by atoms with van der Waals surface area (Å²) in [4.78, 5) is 4.95. The van der Waals surface area contributed by atoms with Crippen LogP contribution in [0.25, 0.3) is 17.0 Å². The third-order valence-electron chi connectivity index (χ3n) is 6.08. The number of para-hydroxylation sites is 1. The zero-order chi connectivity index (χ0) is 25.1. The van der Waals surface area contributed by atoms with E-state index in [4.69, 9.17) is 9.73 Å². The second kappa shape index (κ2) is 10.4. The molecule has 1 aliphatic heterocycles. The van der Waals surface area contributed by atoms with Crippen LogP contribution in [0.1, 0.15) is 17.7 Å². The van der Waals surface area contributed by atoms with Crippen molar-refractivity contribution in [1.82, 2.24) is 0 Å². The normalized spacial score (nSPS) is 16.2. The number of benzene rings is 3. The number of pyridine rings is 1. The molecule has 5 rings (SSSR count). The van der Waals surface area contributed by atoms with Gasteiger partial charge in [-0.15, -0.1) is 0 Å². The summed E-state index contributed by atoms with van der Waals surface area (Å²) < 4.78 is 43.6. The molecule has 0 bridgehead atoms. The van der Waals surface area contributed by atoms with Crippen molar-refractivity contribution in [2.45, 2.75) is 18.3 Å². The van der Waals surface area contributed by atoms with Gasteiger partial charge in [-0.1, -0.05) is 0 Å². The van der Waals surface area contributed by atoms with E-state index in [9.17, 15) is 13.0 Å². The van der Waals surface area contributed by atoms with Crippen molar-refractivity contribution >= 4 is 40.6 Å². The molecule has 36 heavy (non-hydrogen) atoms. The van der Waals surface area contributed by atoms with Gasteiger partial charge in [-0.05, 0) is 0 Å². The van der Waals surface area contributed by atoms with Gasteiger partial charge in [-0.2, -0.15) is 0 Å². The molecule has 0 saturated heterocycles. The SMILES string of the molecule is COc1ccc2c(ccc(/C=C3/N=c4ccccc4=[Se]3CCCS(=O)(=O)[O-])[n+]2Cc2ccccc2)c1. The predicted octanol–water partition coefficient (Wildman–Crippen LogP) is 3.66. The van der Waals surface area contributed by atoms with E-state index >= 15 is 0 Å². The first kappa shape index (κ1) is 24.5. The van der Waals surface area contributed by atoms with Gasteiger partial charge >= 0.3 is 215 Å². The Morgan fingerprint density at radius 3 is 2.56 bits per heavy atom. The molecule has 184 valence electrons. The minimum absolute atomic E-state index is 0.339. The monoisotopic (exact) mass is 566 g/mol. The third-order valence-corrected chi connectivity index (χ3v) is 11.7. The fourth-order valence-electron chi connectivity index (χ4n) is 4.38. The minimum atomic E-state index is -4.24. The maximum absolute atomic E-state index is 11.2. The molecule has 0 spiro atoms. The van der Waals surface area contributed by atoms with Crippen molar-refractivity contribution in [2.24, 2.45) is 4.99 Å². The summed E-state index contributed by atoms with van der Waals surface area (Å²) in [6.07, 6.45) is 2.49. The van der Waals surface area contributed by atoms with E-state index in [2.05, 4.69) is 47.0 Å². The molecule has 0 radical (unpaired) electrons. The Morgan fingerprint density at radius 2 is 1.78 bits per heavy atom. The molecule has 0 saturated carbocycles. The molecule has 0 amide bonds. The van der Waals surface area contributed by atoms with Gasteiger partial charge in [0, 0.05) is 0 Å². The summed E-state index contributed by atoms with van der Waals surface area (Å²) >= 11 is -1.61. The number of aromatic nitrogens is 1. The molecule has 1 atom stereocenters. The summed E-state index contributed by atoms with van der Waals surface area (Å²) in [6.45, 7) is 0.690. The van der Waals surface area contributed by atoms with Gasteiger partial charge in [0.25, 0.3) is 0 Å². The quantitative estimate of drug-likeness (QED) is 0.186. The first-order valence-corrected chi connectivity index (χ1v) is 16.1. The van der Waals surface area contributed by atoms with Crippen LogP contribution in [-0.4, -0.2) is 39.3 Å². The Labute approximate surface area is 214 Å². The number of methoxy groups -OCH3 is 1. The van der Waals surface area contributed by atoms with Crippen LogP contribution in [-0.2, 0) is 16.7 Å². The van der Waals surface area contributed by atoms with E-state index in [0.29, 0.717) is 18.3 Å². The van der Waals surface area contributed by atoms with Crippen molar-refractivity contribution < 1.29 is 22.3 Å². The van der Waals surface area contributed by atoms with Gasteiger partial charge in [-0.25, -0.2) is 0 Å². The fourth-order valence-corrected chi connectivity index (χ4v) is 9.84. The van der Waals surface area contributed by atoms with Crippen LogP contribution >= 0.6 is 0 Å². The summed E-state index contributed by atoms with van der Waals surface area (Å²) in [5, 5.41) is 2.68. The molecule has 1 unspecified atom stereocenters. The topological polar surface area (TPSA) is 82.7 Å². The molecule has 1 aromatic heterocycles. The Morgan fingerprint density at radius 1 is 1.00 bits per heavy atom. The Hall–Kier alpha value is -3.16. The molecule has 6 nitrogen and oxygen atoms in total.